The fourth-order valence-corrected chi connectivity index (χ4v) is 8.43. The minimum Gasteiger partial charge on any atom is -0.462 e. The Balaban J connectivity index is -0.000000652. The lowest BCUT2D eigenvalue weighted by Gasteiger charge is -2.24. The first-order valence-electron chi connectivity index (χ1n) is 29.0. The molecule has 0 aromatic carbocycles. The summed E-state index contributed by atoms with van der Waals surface area (Å²) in [6.07, 6.45) is 46.8. The molecule has 416 valence electrons. The van der Waals surface area contributed by atoms with Gasteiger partial charge >= 0.3 is 5.97 Å². The lowest BCUT2D eigenvalue weighted by molar-refractivity contribution is -0.150. The zero-order valence-electron chi connectivity index (χ0n) is 47.2. The molecule has 0 radical (unpaired) electrons. The number of hydrogen-bond acceptors (Lipinski definition) is 8. The maximum Gasteiger partial charge on any atom is 0.306 e. The van der Waals surface area contributed by atoms with Gasteiger partial charge in [0.2, 0.25) is 0 Å². The molecule has 1 fully saturated rings. The highest BCUT2D eigenvalue weighted by molar-refractivity contribution is 7.80. The van der Waals surface area contributed by atoms with E-state index in [9.17, 15) is 14.4 Å². The third kappa shape index (κ3) is 58.6. The van der Waals surface area contributed by atoms with Gasteiger partial charge in [-0.2, -0.15) is 0 Å². The number of likely N-dealkylation sites (tertiary alicyclic amines) is 1. The zero-order valence-corrected chi connectivity index (χ0v) is 48.0. The number of nitrogens with zero attached hydrogens (tertiary/aromatic N) is 2. The van der Waals surface area contributed by atoms with Gasteiger partial charge in [-0.25, -0.2) is 0 Å². The largest absolute Gasteiger partial charge is 0.462 e. The lowest BCUT2D eigenvalue weighted by Crippen LogP contribution is -2.34. The molecule has 8 nitrogen and oxygen atoms in total. The van der Waals surface area contributed by atoms with Crippen LogP contribution in [0.4, 0.5) is 0 Å². The number of carbonyl (C=O) groups excluding carboxylic acids is 3. The summed E-state index contributed by atoms with van der Waals surface area (Å²) in [6, 6.07) is 0.555. The molecule has 1 aliphatic rings. The summed E-state index contributed by atoms with van der Waals surface area (Å²) in [5.41, 5.74) is 5.04. The predicted molar refractivity (Wildman–Crippen MR) is 312 cm³/mol. The Bertz CT molecular complexity index is 1150. The van der Waals surface area contributed by atoms with Gasteiger partial charge in [0.1, 0.15) is 11.9 Å². The van der Waals surface area contributed by atoms with Crippen LogP contribution in [0.1, 0.15) is 280 Å². The van der Waals surface area contributed by atoms with Gasteiger partial charge in [0.25, 0.3) is 0 Å². The van der Waals surface area contributed by atoms with E-state index in [1.807, 2.05) is 32.0 Å². The Labute approximate surface area is 442 Å². The molecule has 1 rings (SSSR count). The molecule has 1 heterocycles. The van der Waals surface area contributed by atoms with Crippen molar-refractivity contribution in [3.05, 3.63) is 25.3 Å². The van der Waals surface area contributed by atoms with Crippen LogP contribution in [-0.4, -0.2) is 91.4 Å². The second-order valence-corrected chi connectivity index (χ2v) is 20.9. The maximum atomic E-state index is 12.6. The number of unbranched alkanes of at least 4 members (excludes halogenated alkanes) is 25. The van der Waals surface area contributed by atoms with Crippen LogP contribution in [0, 0.1) is 5.92 Å². The van der Waals surface area contributed by atoms with Gasteiger partial charge in [-0.05, 0) is 110 Å². The van der Waals surface area contributed by atoms with E-state index in [0.29, 0.717) is 31.2 Å². The molecule has 2 atom stereocenters. The maximum absolute atomic E-state index is 12.6. The first kappa shape index (κ1) is 74.6. The van der Waals surface area contributed by atoms with E-state index in [2.05, 4.69) is 45.8 Å². The quantitative estimate of drug-likeness (QED) is 0.0210. The van der Waals surface area contributed by atoms with Crippen molar-refractivity contribution in [3.63, 3.8) is 0 Å². The number of hydrogen-bond donors (Lipinski definition) is 1. The summed E-state index contributed by atoms with van der Waals surface area (Å²) in [5, 5.41) is 0. The minimum atomic E-state index is 0. The van der Waals surface area contributed by atoms with E-state index in [-0.39, 0.29) is 25.3 Å². The topological polar surface area (TPSA) is 102 Å². The third-order valence-electron chi connectivity index (χ3n) is 13.0. The SMILES string of the molecule is C.C=CC(=O)CCN.C=CCCCCCCCCCCC.CC(=S)N(C)C.CCCCCCCCC(CCCCCCCC)OC(=O)CCCCCCCOC[C@@H]1CC(C)CN1CCCCCC(C)=O. The van der Waals surface area contributed by atoms with Gasteiger partial charge in [-0.15, -0.1) is 6.58 Å². The lowest BCUT2D eigenvalue weighted by atomic mass is 10.0. The second-order valence-electron chi connectivity index (χ2n) is 20.3. The number of allylic oxidation sites excluding steroid dienone is 2. The monoisotopic (exact) mass is 1010 g/mol. The fourth-order valence-electron chi connectivity index (χ4n) is 8.43. The normalized spacial score (nSPS) is 14.0. The Hall–Kier alpha value is -1.94. The Morgan fingerprint density at radius 2 is 1.11 bits per heavy atom. The van der Waals surface area contributed by atoms with Gasteiger partial charge in [0, 0.05) is 52.6 Å². The van der Waals surface area contributed by atoms with Crippen LogP contribution in [-0.2, 0) is 23.9 Å². The number of ketones is 2. The highest BCUT2D eigenvalue weighted by Crippen LogP contribution is 2.24. The number of thiocarbonyl (C=S) groups is 1. The molecule has 0 aliphatic carbocycles. The van der Waals surface area contributed by atoms with E-state index in [0.717, 1.165) is 82.0 Å². The number of rotatable bonds is 44. The standard InChI is InChI=1S/C38H73NO4.C13H26.C5H9NO.C4H9NS.CH4/c1-5-7-9-11-14-20-26-37(27-21-15-12-10-8-6-2)43-38(41)28-22-16-13-17-24-30-42-33-36-31-34(3)32-39(36)29-23-18-19-25-35(4)40;1-3-5-7-9-11-13-12-10-8-6-4-2;1-2-5(7)3-4-6;1-4(6)5(2)3;/h34,36-37H,5-33H2,1-4H3;3H,1,4-13H2,2H3;2H,1,3-4,6H2;1-3H3;1H4/t34?,36-;;;;/m0..../s1. The van der Waals surface area contributed by atoms with E-state index in [1.165, 1.54) is 180 Å². The first-order chi connectivity index (χ1) is 33.3. The molecular formula is C61H121N3O5S. The molecule has 0 amide bonds. The molecule has 1 saturated heterocycles. The molecular weight excluding hydrogens is 887 g/mol. The van der Waals surface area contributed by atoms with Crippen molar-refractivity contribution < 1.29 is 23.9 Å². The smallest absolute Gasteiger partial charge is 0.306 e. The number of Topliss-reactive ketones (excluding diaryl/α,β-unsaturated/α-hetero) is 1. The zero-order chi connectivity index (χ0) is 52.0. The summed E-state index contributed by atoms with van der Waals surface area (Å²) in [6.45, 7) is 24.2. The van der Waals surface area contributed by atoms with E-state index in [4.69, 9.17) is 27.4 Å². The number of esters is 1. The molecule has 0 bridgehead atoms. The summed E-state index contributed by atoms with van der Waals surface area (Å²) >= 11 is 4.75. The Morgan fingerprint density at radius 1 is 0.671 bits per heavy atom. The summed E-state index contributed by atoms with van der Waals surface area (Å²) in [7, 11) is 3.87. The summed E-state index contributed by atoms with van der Waals surface area (Å²) in [5.74, 6) is 1.10. The van der Waals surface area contributed by atoms with Gasteiger partial charge in [-0.1, -0.05) is 201 Å². The van der Waals surface area contributed by atoms with Crippen molar-refractivity contribution in [3.8, 4) is 0 Å². The molecule has 0 aromatic heterocycles. The van der Waals surface area contributed by atoms with Crippen molar-refractivity contribution in [1.29, 1.82) is 0 Å². The van der Waals surface area contributed by atoms with Crippen LogP contribution in [0.15, 0.2) is 25.3 Å². The molecule has 9 heteroatoms. The van der Waals surface area contributed by atoms with Crippen molar-refractivity contribution in [2.24, 2.45) is 11.7 Å². The van der Waals surface area contributed by atoms with Gasteiger partial charge in [-0.3, -0.25) is 14.5 Å². The molecule has 1 unspecified atom stereocenters. The molecule has 70 heavy (non-hydrogen) atoms. The molecule has 0 saturated carbocycles. The van der Waals surface area contributed by atoms with Crippen LogP contribution in [0.2, 0.25) is 0 Å². The van der Waals surface area contributed by atoms with Crippen LogP contribution < -0.4 is 5.73 Å². The molecule has 0 aromatic rings. The fraction of sp³-hybridized carbons (Fsp3) is 0.869. The Morgan fingerprint density at radius 3 is 1.56 bits per heavy atom. The average molecular weight is 1010 g/mol. The third-order valence-corrected chi connectivity index (χ3v) is 13.4. The van der Waals surface area contributed by atoms with Crippen molar-refractivity contribution in [2.75, 3.05) is 46.9 Å². The van der Waals surface area contributed by atoms with E-state index in [1.54, 1.807) is 6.92 Å². The molecule has 0 spiro atoms. The second kappa shape index (κ2) is 59.6. The Kier molecular flexibility index (Phi) is 63.5. The van der Waals surface area contributed by atoms with Gasteiger partial charge in [0.05, 0.1) is 11.6 Å². The number of carbonyl (C=O) groups is 3. The highest BCUT2D eigenvalue weighted by Gasteiger charge is 2.29. The highest BCUT2D eigenvalue weighted by atomic mass is 32.1. The molecule has 2 N–H and O–H groups in total. The van der Waals surface area contributed by atoms with Crippen LogP contribution in [0.5, 0.6) is 0 Å². The summed E-state index contributed by atoms with van der Waals surface area (Å²) < 4.78 is 12.1. The number of ether oxygens (including phenoxy) is 2. The predicted octanol–water partition coefficient (Wildman–Crippen LogP) is 17.3. The van der Waals surface area contributed by atoms with Gasteiger partial charge in [0.15, 0.2) is 5.78 Å². The van der Waals surface area contributed by atoms with Crippen molar-refractivity contribution in [1.82, 2.24) is 9.80 Å². The first-order valence-corrected chi connectivity index (χ1v) is 29.4. The van der Waals surface area contributed by atoms with Crippen LogP contribution in [0.25, 0.3) is 0 Å². The van der Waals surface area contributed by atoms with Crippen LogP contribution in [0.3, 0.4) is 0 Å². The number of nitrogens with two attached hydrogens (primary N) is 1. The van der Waals surface area contributed by atoms with Gasteiger partial charge < -0.3 is 24.9 Å². The van der Waals surface area contributed by atoms with E-state index >= 15 is 0 Å². The minimum absolute atomic E-state index is 0. The van der Waals surface area contributed by atoms with E-state index < -0.39 is 0 Å². The summed E-state index contributed by atoms with van der Waals surface area (Å²) in [4.78, 5) is 39.4. The van der Waals surface area contributed by atoms with Crippen molar-refractivity contribution in [2.45, 2.75) is 292 Å². The van der Waals surface area contributed by atoms with Crippen LogP contribution >= 0.6 is 12.2 Å². The van der Waals surface area contributed by atoms with Crippen molar-refractivity contribution >= 4 is 34.7 Å². The molecule has 1 aliphatic heterocycles. The average Bonchev–Trinajstić information content (AvgIpc) is 3.68.